The largest absolute Gasteiger partial charge is 0.271 e. The van der Waals surface area contributed by atoms with Gasteiger partial charge >= 0.3 is 0 Å². The summed E-state index contributed by atoms with van der Waals surface area (Å²) in [5.41, 5.74) is 5.90. The predicted octanol–water partition coefficient (Wildman–Crippen LogP) is 2.00. The predicted molar refractivity (Wildman–Crippen MR) is 62.5 cm³/mol. The van der Waals surface area contributed by atoms with Gasteiger partial charge in [-0.25, -0.2) is 5.43 Å². The van der Waals surface area contributed by atoms with Crippen LogP contribution in [0.3, 0.4) is 0 Å². The van der Waals surface area contributed by atoms with Crippen LogP contribution in [-0.2, 0) is 0 Å². The second-order valence-corrected chi connectivity index (χ2v) is 4.14. The Bertz CT molecular complexity index is 425. The van der Waals surface area contributed by atoms with Crippen LogP contribution in [0.2, 0.25) is 0 Å². The summed E-state index contributed by atoms with van der Waals surface area (Å²) in [4.78, 5) is 4.46. The summed E-state index contributed by atoms with van der Waals surface area (Å²) in [6.45, 7) is 1.98. The van der Waals surface area contributed by atoms with Crippen molar-refractivity contribution in [1.29, 1.82) is 0 Å². The van der Waals surface area contributed by atoms with Gasteiger partial charge in [-0.2, -0.15) is 11.3 Å². The third-order valence-corrected chi connectivity index (χ3v) is 2.95. The molecule has 2 aromatic heterocycles. The van der Waals surface area contributed by atoms with Crippen molar-refractivity contribution in [3.63, 3.8) is 0 Å². The van der Waals surface area contributed by atoms with Gasteiger partial charge in [0.15, 0.2) is 0 Å². The van der Waals surface area contributed by atoms with Crippen LogP contribution in [0.25, 0.3) is 0 Å². The Balaban J connectivity index is 2.35. The van der Waals surface area contributed by atoms with E-state index in [0.29, 0.717) is 0 Å². The minimum atomic E-state index is -0.0175. The normalized spacial score (nSPS) is 12.7. The molecule has 1 unspecified atom stereocenters. The number of aromatic nitrogens is 1. The number of nitrogens with one attached hydrogen (secondary N) is 1. The first kappa shape index (κ1) is 10.3. The van der Waals surface area contributed by atoms with Crippen LogP contribution in [0.5, 0.6) is 0 Å². The molecule has 0 aliphatic rings. The molecule has 0 aliphatic heterocycles. The Morgan fingerprint density at radius 3 is 2.87 bits per heavy atom. The van der Waals surface area contributed by atoms with Crippen LogP contribution in [0.4, 0.5) is 0 Å². The van der Waals surface area contributed by atoms with Crippen LogP contribution in [-0.4, -0.2) is 4.98 Å². The van der Waals surface area contributed by atoms with Gasteiger partial charge in [0.1, 0.15) is 0 Å². The van der Waals surface area contributed by atoms with E-state index in [4.69, 9.17) is 5.84 Å². The van der Waals surface area contributed by atoms with Crippen molar-refractivity contribution < 1.29 is 0 Å². The number of nitrogens with two attached hydrogens (primary N) is 1. The third-order valence-electron chi connectivity index (χ3n) is 2.25. The first-order chi connectivity index (χ1) is 7.31. The Morgan fingerprint density at radius 1 is 1.40 bits per heavy atom. The lowest BCUT2D eigenvalue weighted by atomic mass is 10.1. The minimum absolute atomic E-state index is 0.0175. The maximum absolute atomic E-state index is 5.56. The summed E-state index contributed by atoms with van der Waals surface area (Å²) in [6, 6.07) is 7.99. The van der Waals surface area contributed by atoms with Crippen molar-refractivity contribution in [3.8, 4) is 0 Å². The smallest absolute Gasteiger partial charge is 0.0889 e. The molecule has 0 radical (unpaired) electrons. The highest BCUT2D eigenvalue weighted by Gasteiger charge is 2.13. The number of thiophene rings is 1. The average Bonchev–Trinajstić information content (AvgIpc) is 2.72. The minimum Gasteiger partial charge on any atom is -0.271 e. The number of hydrazine groups is 1. The summed E-state index contributed by atoms with van der Waals surface area (Å²) in [6.07, 6.45) is 0. The van der Waals surface area contributed by atoms with Crippen molar-refractivity contribution in [2.45, 2.75) is 13.0 Å². The SMILES string of the molecule is Cc1cccc(C(NN)c2ccsc2)n1. The van der Waals surface area contributed by atoms with Crippen LogP contribution in [0, 0.1) is 6.92 Å². The highest BCUT2D eigenvalue weighted by molar-refractivity contribution is 7.08. The van der Waals surface area contributed by atoms with Gasteiger partial charge in [0, 0.05) is 5.69 Å². The van der Waals surface area contributed by atoms with Gasteiger partial charge in [0.25, 0.3) is 0 Å². The maximum atomic E-state index is 5.56. The van der Waals surface area contributed by atoms with Crippen LogP contribution in [0.1, 0.15) is 23.0 Å². The lowest BCUT2D eigenvalue weighted by molar-refractivity contribution is 0.621. The van der Waals surface area contributed by atoms with E-state index in [-0.39, 0.29) is 6.04 Å². The number of rotatable bonds is 3. The summed E-state index contributed by atoms with van der Waals surface area (Å²) in [7, 11) is 0. The Kier molecular flexibility index (Phi) is 3.11. The number of nitrogens with zero attached hydrogens (tertiary/aromatic N) is 1. The van der Waals surface area contributed by atoms with Crippen molar-refractivity contribution in [3.05, 3.63) is 52.0 Å². The van der Waals surface area contributed by atoms with Crippen molar-refractivity contribution in [2.24, 2.45) is 5.84 Å². The zero-order valence-electron chi connectivity index (χ0n) is 8.47. The van der Waals surface area contributed by atoms with Gasteiger partial charge in [-0.3, -0.25) is 10.8 Å². The molecule has 0 saturated heterocycles. The van der Waals surface area contributed by atoms with Crippen LogP contribution >= 0.6 is 11.3 Å². The zero-order chi connectivity index (χ0) is 10.7. The molecule has 0 saturated carbocycles. The van der Waals surface area contributed by atoms with Crippen molar-refractivity contribution in [1.82, 2.24) is 10.4 Å². The standard InChI is InChI=1S/C11H13N3S/c1-8-3-2-4-10(13-8)11(14-12)9-5-6-15-7-9/h2-7,11,14H,12H2,1H3. The van der Waals surface area contributed by atoms with E-state index in [2.05, 4.69) is 21.9 Å². The van der Waals surface area contributed by atoms with E-state index < -0.39 is 0 Å². The molecule has 0 aromatic carbocycles. The van der Waals surface area contributed by atoms with Gasteiger partial charge in [-0.1, -0.05) is 6.07 Å². The van der Waals surface area contributed by atoms with Crippen molar-refractivity contribution >= 4 is 11.3 Å². The average molecular weight is 219 g/mol. The monoisotopic (exact) mass is 219 g/mol. The molecule has 3 N–H and O–H groups in total. The van der Waals surface area contributed by atoms with E-state index in [0.717, 1.165) is 17.0 Å². The number of pyridine rings is 1. The highest BCUT2D eigenvalue weighted by atomic mass is 32.1. The van der Waals surface area contributed by atoms with Gasteiger partial charge in [0.2, 0.25) is 0 Å². The molecule has 4 heteroatoms. The van der Waals surface area contributed by atoms with E-state index in [1.54, 1.807) is 11.3 Å². The van der Waals surface area contributed by atoms with E-state index in [1.165, 1.54) is 0 Å². The summed E-state index contributed by atoms with van der Waals surface area (Å²) in [5.74, 6) is 5.56. The third kappa shape index (κ3) is 2.23. The highest BCUT2D eigenvalue weighted by Crippen LogP contribution is 2.21. The molecule has 2 rings (SSSR count). The van der Waals surface area contributed by atoms with Crippen LogP contribution < -0.4 is 11.3 Å². The molecule has 15 heavy (non-hydrogen) atoms. The Morgan fingerprint density at radius 2 is 2.27 bits per heavy atom. The molecule has 0 amide bonds. The molecule has 0 fully saturated rings. The summed E-state index contributed by atoms with van der Waals surface area (Å²) < 4.78 is 0. The van der Waals surface area contributed by atoms with Gasteiger partial charge in [0.05, 0.1) is 11.7 Å². The molecule has 1 atom stereocenters. The van der Waals surface area contributed by atoms with E-state index in [1.807, 2.05) is 30.5 Å². The Hall–Kier alpha value is -1.23. The fourth-order valence-electron chi connectivity index (χ4n) is 1.52. The molecule has 0 aliphatic carbocycles. The second kappa shape index (κ2) is 4.53. The fraction of sp³-hybridized carbons (Fsp3) is 0.182. The van der Waals surface area contributed by atoms with E-state index >= 15 is 0 Å². The van der Waals surface area contributed by atoms with E-state index in [9.17, 15) is 0 Å². The lowest BCUT2D eigenvalue weighted by Gasteiger charge is -2.14. The Labute approximate surface area is 92.9 Å². The number of hydrogen-bond donors (Lipinski definition) is 2. The van der Waals surface area contributed by atoms with Gasteiger partial charge in [-0.15, -0.1) is 0 Å². The van der Waals surface area contributed by atoms with Crippen molar-refractivity contribution in [2.75, 3.05) is 0 Å². The molecular formula is C11H13N3S. The van der Waals surface area contributed by atoms with Crippen LogP contribution in [0.15, 0.2) is 35.0 Å². The summed E-state index contributed by atoms with van der Waals surface area (Å²) >= 11 is 1.66. The topological polar surface area (TPSA) is 50.9 Å². The number of aryl methyl sites for hydroxylation is 1. The van der Waals surface area contributed by atoms with Gasteiger partial charge < -0.3 is 0 Å². The molecule has 0 spiro atoms. The molecular weight excluding hydrogens is 206 g/mol. The first-order valence-corrected chi connectivity index (χ1v) is 5.67. The van der Waals surface area contributed by atoms with Gasteiger partial charge in [-0.05, 0) is 41.4 Å². The lowest BCUT2D eigenvalue weighted by Crippen LogP contribution is -2.29. The molecule has 3 nitrogen and oxygen atoms in total. The molecule has 0 bridgehead atoms. The molecule has 2 heterocycles. The zero-order valence-corrected chi connectivity index (χ0v) is 9.29. The fourth-order valence-corrected chi connectivity index (χ4v) is 2.20. The quantitative estimate of drug-likeness (QED) is 0.613. The molecule has 78 valence electrons. The number of hydrogen-bond acceptors (Lipinski definition) is 4. The summed E-state index contributed by atoms with van der Waals surface area (Å²) in [5, 5.41) is 4.12. The molecule has 2 aromatic rings. The second-order valence-electron chi connectivity index (χ2n) is 3.36. The maximum Gasteiger partial charge on any atom is 0.0889 e. The first-order valence-electron chi connectivity index (χ1n) is 4.73.